The summed E-state index contributed by atoms with van der Waals surface area (Å²) in [7, 11) is 0. The zero-order valence-corrected chi connectivity index (χ0v) is 19.5. The molecule has 31 heavy (non-hydrogen) atoms. The van der Waals surface area contributed by atoms with E-state index in [9.17, 15) is 4.79 Å². The third-order valence-electron chi connectivity index (χ3n) is 6.44. The van der Waals surface area contributed by atoms with Gasteiger partial charge >= 0.3 is 0 Å². The molecule has 0 spiro atoms. The first-order valence-corrected chi connectivity index (χ1v) is 12.4. The van der Waals surface area contributed by atoms with Crippen molar-refractivity contribution in [2.75, 3.05) is 18.0 Å². The first-order chi connectivity index (χ1) is 15.2. The predicted octanol–water partition coefficient (Wildman–Crippen LogP) is 6.55. The number of amides is 1. The Morgan fingerprint density at radius 2 is 1.35 bits per heavy atom. The van der Waals surface area contributed by atoms with E-state index in [0.717, 1.165) is 31.5 Å². The zero-order chi connectivity index (χ0) is 21.9. The fraction of sp³-hybridized carbons (Fsp3) is 0.536. The van der Waals surface area contributed by atoms with Crippen LogP contribution in [0, 0.1) is 0 Å². The molecule has 0 aliphatic heterocycles. The third-order valence-corrected chi connectivity index (χ3v) is 6.44. The van der Waals surface area contributed by atoms with Gasteiger partial charge in [-0.05, 0) is 61.1 Å². The number of hydrogen-bond acceptors (Lipinski definition) is 2. The minimum absolute atomic E-state index is 0.0433. The molecule has 2 aromatic carbocycles. The fourth-order valence-corrected chi connectivity index (χ4v) is 4.58. The molecular formula is C28H40N2O. The summed E-state index contributed by atoms with van der Waals surface area (Å²) in [5.74, 6) is 0.0433. The normalized spacial score (nSPS) is 13.2. The molecule has 1 aliphatic carbocycles. The minimum Gasteiger partial charge on any atom is -0.372 e. The van der Waals surface area contributed by atoms with E-state index in [1.165, 1.54) is 68.2 Å². The van der Waals surface area contributed by atoms with Crippen LogP contribution in [0.2, 0.25) is 0 Å². The highest BCUT2D eigenvalue weighted by molar-refractivity contribution is 5.94. The first kappa shape index (κ1) is 23.4. The summed E-state index contributed by atoms with van der Waals surface area (Å²) in [5.41, 5.74) is 4.74. The number of nitrogens with zero attached hydrogens (tertiary/aromatic N) is 1. The van der Waals surface area contributed by atoms with Crippen LogP contribution in [-0.2, 0) is 12.8 Å². The molecule has 1 aliphatic rings. The fourth-order valence-electron chi connectivity index (χ4n) is 4.58. The molecular weight excluding hydrogens is 380 g/mol. The zero-order valence-electron chi connectivity index (χ0n) is 19.5. The molecule has 1 amide bonds. The molecule has 0 heterocycles. The van der Waals surface area contributed by atoms with Crippen LogP contribution in [0.25, 0.3) is 0 Å². The van der Waals surface area contributed by atoms with Crippen LogP contribution in [0.3, 0.4) is 0 Å². The van der Waals surface area contributed by atoms with E-state index in [1.54, 1.807) is 0 Å². The van der Waals surface area contributed by atoms with Crippen LogP contribution >= 0.6 is 0 Å². The highest BCUT2D eigenvalue weighted by atomic mass is 16.1. The number of unbranched alkanes of at least 4 members (excludes halogenated alkanes) is 6. The Morgan fingerprint density at radius 3 is 1.87 bits per heavy atom. The molecule has 0 atom stereocenters. The van der Waals surface area contributed by atoms with Crippen LogP contribution in [-0.4, -0.2) is 25.0 Å². The highest BCUT2D eigenvalue weighted by Crippen LogP contribution is 2.22. The second kappa shape index (κ2) is 12.5. The van der Waals surface area contributed by atoms with Crippen LogP contribution < -0.4 is 10.2 Å². The van der Waals surface area contributed by atoms with Gasteiger partial charge in [-0.1, -0.05) is 76.6 Å². The van der Waals surface area contributed by atoms with Crippen molar-refractivity contribution in [1.29, 1.82) is 0 Å². The third kappa shape index (κ3) is 7.12. The van der Waals surface area contributed by atoms with Crippen molar-refractivity contribution in [3.05, 3.63) is 65.2 Å². The smallest absolute Gasteiger partial charge is 0.251 e. The lowest BCUT2D eigenvalue weighted by Crippen LogP contribution is -2.35. The number of benzene rings is 2. The Bertz CT molecular complexity index is 762. The van der Waals surface area contributed by atoms with Crippen molar-refractivity contribution in [2.24, 2.45) is 0 Å². The Morgan fingerprint density at radius 1 is 0.806 bits per heavy atom. The molecule has 3 heteroatoms. The molecule has 0 radical (unpaired) electrons. The molecule has 168 valence electrons. The Hall–Kier alpha value is -2.29. The number of rotatable bonds is 13. The molecule has 0 fully saturated rings. The maximum Gasteiger partial charge on any atom is 0.251 e. The number of hydrogen-bond donors (Lipinski definition) is 1. The Kier molecular flexibility index (Phi) is 9.45. The van der Waals surface area contributed by atoms with Crippen molar-refractivity contribution in [3.63, 3.8) is 0 Å². The number of nitrogens with one attached hydrogen (secondary N) is 1. The number of anilines is 1. The van der Waals surface area contributed by atoms with Gasteiger partial charge in [0, 0.05) is 30.4 Å². The molecule has 3 nitrogen and oxygen atoms in total. The van der Waals surface area contributed by atoms with E-state index in [2.05, 4.69) is 60.5 Å². The van der Waals surface area contributed by atoms with Gasteiger partial charge in [0.05, 0.1) is 0 Å². The highest BCUT2D eigenvalue weighted by Gasteiger charge is 2.22. The van der Waals surface area contributed by atoms with Gasteiger partial charge in [-0.25, -0.2) is 0 Å². The SMILES string of the molecule is CCCCCCN(CCCCCC)c1ccc(C(=O)NC2Cc3ccccc3C2)cc1. The van der Waals surface area contributed by atoms with Gasteiger partial charge in [0.1, 0.15) is 0 Å². The quantitative estimate of drug-likeness (QED) is 0.373. The van der Waals surface area contributed by atoms with Crippen LogP contribution in [0.4, 0.5) is 5.69 Å². The number of carbonyl (C=O) groups excluding carboxylic acids is 1. The average molecular weight is 421 g/mol. The van der Waals surface area contributed by atoms with Crippen LogP contribution in [0.5, 0.6) is 0 Å². The van der Waals surface area contributed by atoms with E-state index in [4.69, 9.17) is 0 Å². The molecule has 0 bridgehead atoms. The molecule has 1 N–H and O–H groups in total. The Balaban J connectivity index is 1.55. The molecule has 0 aromatic heterocycles. The Labute approximate surface area is 189 Å². The second-order valence-electron chi connectivity index (χ2n) is 9.00. The van der Waals surface area contributed by atoms with Gasteiger partial charge in [0.15, 0.2) is 0 Å². The molecule has 0 saturated carbocycles. The van der Waals surface area contributed by atoms with E-state index in [1.807, 2.05) is 12.1 Å². The van der Waals surface area contributed by atoms with Crippen molar-refractivity contribution < 1.29 is 4.79 Å². The lowest BCUT2D eigenvalue weighted by atomic mass is 10.1. The van der Waals surface area contributed by atoms with Crippen molar-refractivity contribution in [2.45, 2.75) is 84.1 Å². The van der Waals surface area contributed by atoms with E-state index in [0.29, 0.717) is 0 Å². The monoisotopic (exact) mass is 420 g/mol. The molecule has 0 unspecified atom stereocenters. The number of fused-ring (bicyclic) bond motifs is 1. The summed E-state index contributed by atoms with van der Waals surface area (Å²) in [6, 6.07) is 17.0. The van der Waals surface area contributed by atoms with Crippen molar-refractivity contribution in [1.82, 2.24) is 5.32 Å². The molecule has 2 aromatic rings. The molecule has 0 saturated heterocycles. The summed E-state index contributed by atoms with van der Waals surface area (Å²) >= 11 is 0. The summed E-state index contributed by atoms with van der Waals surface area (Å²) in [4.78, 5) is 15.3. The number of carbonyl (C=O) groups is 1. The lowest BCUT2D eigenvalue weighted by molar-refractivity contribution is 0.0938. The van der Waals surface area contributed by atoms with E-state index in [-0.39, 0.29) is 11.9 Å². The van der Waals surface area contributed by atoms with E-state index >= 15 is 0 Å². The molecule has 3 rings (SSSR count). The van der Waals surface area contributed by atoms with Crippen LogP contribution in [0.15, 0.2) is 48.5 Å². The van der Waals surface area contributed by atoms with Gasteiger partial charge in [-0.2, -0.15) is 0 Å². The lowest BCUT2D eigenvalue weighted by Gasteiger charge is -2.25. The van der Waals surface area contributed by atoms with E-state index < -0.39 is 0 Å². The largest absolute Gasteiger partial charge is 0.372 e. The first-order valence-electron chi connectivity index (χ1n) is 12.4. The van der Waals surface area contributed by atoms with Crippen molar-refractivity contribution in [3.8, 4) is 0 Å². The predicted molar refractivity (Wildman–Crippen MR) is 132 cm³/mol. The van der Waals surface area contributed by atoms with Gasteiger partial charge in [0.25, 0.3) is 5.91 Å². The average Bonchev–Trinajstić information content (AvgIpc) is 3.20. The summed E-state index contributed by atoms with van der Waals surface area (Å²) < 4.78 is 0. The second-order valence-corrected chi connectivity index (χ2v) is 9.00. The van der Waals surface area contributed by atoms with Crippen molar-refractivity contribution >= 4 is 11.6 Å². The maximum atomic E-state index is 12.8. The summed E-state index contributed by atoms with van der Waals surface area (Å²) in [5, 5.41) is 3.23. The van der Waals surface area contributed by atoms with Gasteiger partial charge in [-0.3, -0.25) is 4.79 Å². The van der Waals surface area contributed by atoms with Gasteiger partial charge in [0.2, 0.25) is 0 Å². The van der Waals surface area contributed by atoms with Crippen LogP contribution in [0.1, 0.15) is 86.7 Å². The standard InChI is InChI=1S/C28H40N2O/c1-3-5-7-11-19-30(20-12-8-6-4-2)27-17-15-23(16-18-27)28(31)29-26-21-24-13-9-10-14-25(24)22-26/h9-10,13-18,26H,3-8,11-12,19-22H2,1-2H3,(H,29,31). The van der Waals surface area contributed by atoms with Gasteiger partial charge in [-0.15, -0.1) is 0 Å². The summed E-state index contributed by atoms with van der Waals surface area (Å²) in [6.07, 6.45) is 12.1. The summed E-state index contributed by atoms with van der Waals surface area (Å²) in [6.45, 7) is 6.74. The maximum absolute atomic E-state index is 12.8. The van der Waals surface area contributed by atoms with Gasteiger partial charge < -0.3 is 10.2 Å². The topological polar surface area (TPSA) is 32.3 Å². The minimum atomic E-state index is 0.0433.